The lowest BCUT2D eigenvalue weighted by molar-refractivity contribution is 1.01. The largest absolute Gasteiger partial charge is 0.399 e. The number of nitrogens with one attached hydrogen (secondary N) is 1. The van der Waals surface area contributed by atoms with Gasteiger partial charge in [0.25, 0.3) is 0 Å². The zero-order chi connectivity index (χ0) is 11.8. The Labute approximate surface area is 96.5 Å². The summed E-state index contributed by atoms with van der Waals surface area (Å²) in [4.78, 5) is 18.7. The Morgan fingerprint density at radius 1 is 1.29 bits per heavy atom. The molecule has 5 heteroatoms. The van der Waals surface area contributed by atoms with Crippen LogP contribution in [0.3, 0.4) is 0 Å². The third kappa shape index (κ3) is 1.48. The Hall–Kier alpha value is -2.56. The molecule has 2 aromatic heterocycles. The van der Waals surface area contributed by atoms with Crippen molar-refractivity contribution in [1.82, 2.24) is 14.5 Å². The Bertz CT molecular complexity index is 741. The maximum Gasteiger partial charge on any atom is 0.331 e. The van der Waals surface area contributed by atoms with E-state index in [0.29, 0.717) is 5.69 Å². The summed E-state index contributed by atoms with van der Waals surface area (Å²) < 4.78 is 1.55. The van der Waals surface area contributed by atoms with Crippen LogP contribution in [0.5, 0.6) is 0 Å². The van der Waals surface area contributed by atoms with Gasteiger partial charge in [0.15, 0.2) is 0 Å². The average molecular weight is 226 g/mol. The molecule has 0 fully saturated rings. The topological polar surface area (TPSA) is 76.7 Å². The highest BCUT2D eigenvalue weighted by Crippen LogP contribution is 2.15. The molecule has 0 radical (unpaired) electrons. The number of anilines is 1. The monoisotopic (exact) mass is 226 g/mol. The van der Waals surface area contributed by atoms with Crippen LogP contribution >= 0.6 is 0 Å². The van der Waals surface area contributed by atoms with E-state index in [1.165, 1.54) is 0 Å². The van der Waals surface area contributed by atoms with Crippen LogP contribution in [-0.2, 0) is 0 Å². The smallest absolute Gasteiger partial charge is 0.331 e. The van der Waals surface area contributed by atoms with E-state index in [-0.39, 0.29) is 5.69 Å². The lowest BCUT2D eigenvalue weighted by atomic mass is 10.3. The summed E-state index contributed by atoms with van der Waals surface area (Å²) in [5, 5.41) is 0. The number of nitrogens with zero attached hydrogens (tertiary/aromatic N) is 2. The van der Waals surface area contributed by atoms with Gasteiger partial charge in [0.05, 0.1) is 22.9 Å². The molecule has 0 aliphatic heterocycles. The molecular formula is C12H10N4O. The number of nitrogens with two attached hydrogens (primary N) is 1. The average Bonchev–Trinajstić information content (AvgIpc) is 2.64. The van der Waals surface area contributed by atoms with E-state index in [2.05, 4.69) is 9.97 Å². The van der Waals surface area contributed by atoms with Gasteiger partial charge in [0, 0.05) is 11.9 Å². The maximum absolute atomic E-state index is 11.9. The van der Waals surface area contributed by atoms with Crippen molar-refractivity contribution in [1.29, 1.82) is 0 Å². The molecule has 1 aromatic carbocycles. The third-order valence-electron chi connectivity index (χ3n) is 2.61. The lowest BCUT2D eigenvalue weighted by Crippen LogP contribution is -2.14. The van der Waals surface area contributed by atoms with Crippen LogP contribution in [0.15, 0.2) is 47.5 Å². The number of benzene rings is 1. The van der Waals surface area contributed by atoms with Crippen molar-refractivity contribution in [3.05, 3.63) is 53.2 Å². The van der Waals surface area contributed by atoms with Gasteiger partial charge >= 0.3 is 5.69 Å². The molecule has 0 amide bonds. The molecule has 0 aliphatic carbocycles. The van der Waals surface area contributed by atoms with Crippen LogP contribution in [-0.4, -0.2) is 14.5 Å². The van der Waals surface area contributed by atoms with Crippen molar-refractivity contribution in [2.24, 2.45) is 0 Å². The summed E-state index contributed by atoms with van der Waals surface area (Å²) in [6, 6.07) is 8.94. The number of pyridine rings is 1. The van der Waals surface area contributed by atoms with Gasteiger partial charge in [-0.1, -0.05) is 6.07 Å². The minimum atomic E-state index is -0.196. The van der Waals surface area contributed by atoms with E-state index in [9.17, 15) is 4.79 Å². The molecule has 3 rings (SSSR count). The summed E-state index contributed by atoms with van der Waals surface area (Å²) in [7, 11) is 0. The SMILES string of the molecule is Nc1cccc(-n2c(=O)[nH]c3ccncc32)c1. The standard InChI is InChI=1S/C12H10N4O/c13-8-2-1-3-9(6-8)16-11-7-14-5-4-10(11)15-12(16)17/h1-7H,13H2,(H,15,17). The van der Waals surface area contributed by atoms with E-state index < -0.39 is 0 Å². The molecule has 0 atom stereocenters. The Balaban J connectivity index is 2.37. The highest BCUT2D eigenvalue weighted by atomic mass is 16.1. The predicted octanol–water partition coefficient (Wildman–Crippen LogP) is 1.30. The molecule has 3 aromatic rings. The molecule has 84 valence electrons. The van der Waals surface area contributed by atoms with Gasteiger partial charge in [-0.3, -0.25) is 9.55 Å². The molecule has 3 N–H and O–H groups in total. The summed E-state index contributed by atoms with van der Waals surface area (Å²) in [5.74, 6) is 0. The zero-order valence-corrected chi connectivity index (χ0v) is 8.92. The number of rotatable bonds is 1. The summed E-state index contributed by atoms with van der Waals surface area (Å²) in [6.07, 6.45) is 3.29. The minimum Gasteiger partial charge on any atom is -0.399 e. The fourth-order valence-electron chi connectivity index (χ4n) is 1.87. The first kappa shape index (κ1) is 9.65. The van der Waals surface area contributed by atoms with Crippen molar-refractivity contribution < 1.29 is 0 Å². The van der Waals surface area contributed by atoms with Crippen molar-refractivity contribution in [2.75, 3.05) is 5.73 Å². The Kier molecular flexibility index (Phi) is 1.98. The number of hydrogen-bond donors (Lipinski definition) is 2. The Morgan fingerprint density at radius 2 is 2.18 bits per heavy atom. The zero-order valence-electron chi connectivity index (χ0n) is 8.92. The van der Waals surface area contributed by atoms with Gasteiger partial charge in [-0.05, 0) is 24.3 Å². The second-order valence-electron chi connectivity index (χ2n) is 3.75. The molecule has 0 saturated heterocycles. The molecular weight excluding hydrogens is 216 g/mol. The maximum atomic E-state index is 11.9. The number of aromatic nitrogens is 3. The van der Waals surface area contributed by atoms with E-state index >= 15 is 0 Å². The number of nitrogen functional groups attached to an aromatic ring is 1. The number of imidazole rings is 1. The van der Waals surface area contributed by atoms with Crippen LogP contribution in [0.4, 0.5) is 5.69 Å². The van der Waals surface area contributed by atoms with Gasteiger partial charge in [-0.15, -0.1) is 0 Å². The van der Waals surface area contributed by atoms with Gasteiger partial charge in [0.1, 0.15) is 0 Å². The predicted molar refractivity (Wildman–Crippen MR) is 66.1 cm³/mol. The molecule has 0 aliphatic rings. The van der Waals surface area contributed by atoms with Crippen molar-refractivity contribution in [3.8, 4) is 5.69 Å². The van der Waals surface area contributed by atoms with E-state index in [0.717, 1.165) is 16.7 Å². The van der Waals surface area contributed by atoms with Gasteiger partial charge in [0.2, 0.25) is 0 Å². The highest BCUT2D eigenvalue weighted by molar-refractivity contribution is 5.76. The molecule has 0 unspecified atom stereocenters. The second-order valence-corrected chi connectivity index (χ2v) is 3.75. The van der Waals surface area contributed by atoms with Crippen LogP contribution in [0, 0.1) is 0 Å². The molecule has 0 spiro atoms. The molecule has 0 saturated carbocycles. The van der Waals surface area contributed by atoms with Crippen LogP contribution in [0.1, 0.15) is 0 Å². The quantitative estimate of drug-likeness (QED) is 0.614. The summed E-state index contributed by atoms with van der Waals surface area (Å²) >= 11 is 0. The minimum absolute atomic E-state index is 0.196. The fourth-order valence-corrected chi connectivity index (χ4v) is 1.87. The van der Waals surface area contributed by atoms with E-state index in [1.54, 1.807) is 35.2 Å². The Morgan fingerprint density at radius 3 is 3.00 bits per heavy atom. The van der Waals surface area contributed by atoms with Crippen LogP contribution in [0.25, 0.3) is 16.7 Å². The first-order valence-electron chi connectivity index (χ1n) is 5.16. The van der Waals surface area contributed by atoms with Crippen molar-refractivity contribution in [2.45, 2.75) is 0 Å². The van der Waals surface area contributed by atoms with Crippen LogP contribution in [0.2, 0.25) is 0 Å². The van der Waals surface area contributed by atoms with Crippen LogP contribution < -0.4 is 11.4 Å². The van der Waals surface area contributed by atoms with Crippen molar-refractivity contribution >= 4 is 16.7 Å². The first-order valence-corrected chi connectivity index (χ1v) is 5.16. The highest BCUT2D eigenvalue weighted by Gasteiger charge is 2.08. The van der Waals surface area contributed by atoms with Gasteiger partial charge in [-0.2, -0.15) is 0 Å². The fraction of sp³-hybridized carbons (Fsp3) is 0. The number of hydrogen-bond acceptors (Lipinski definition) is 3. The molecule has 17 heavy (non-hydrogen) atoms. The van der Waals surface area contributed by atoms with Crippen molar-refractivity contribution in [3.63, 3.8) is 0 Å². The summed E-state index contributed by atoms with van der Waals surface area (Å²) in [5.41, 5.74) is 8.37. The lowest BCUT2D eigenvalue weighted by Gasteiger charge is -2.03. The normalized spacial score (nSPS) is 10.8. The molecule has 0 bridgehead atoms. The summed E-state index contributed by atoms with van der Waals surface area (Å²) in [6.45, 7) is 0. The number of aromatic amines is 1. The number of fused-ring (bicyclic) bond motifs is 1. The first-order chi connectivity index (χ1) is 8.25. The molecule has 2 heterocycles. The number of H-pyrrole nitrogens is 1. The van der Waals surface area contributed by atoms with Gasteiger partial charge < -0.3 is 10.7 Å². The third-order valence-corrected chi connectivity index (χ3v) is 2.61. The second kappa shape index (κ2) is 3.48. The molecule has 5 nitrogen and oxygen atoms in total. The van der Waals surface area contributed by atoms with E-state index in [4.69, 9.17) is 5.73 Å². The van der Waals surface area contributed by atoms with E-state index in [1.807, 2.05) is 12.1 Å². The van der Waals surface area contributed by atoms with Gasteiger partial charge in [-0.25, -0.2) is 4.79 Å².